The number of thiophene rings is 1. The largest absolute Gasteiger partial charge is 0.508 e. The summed E-state index contributed by atoms with van der Waals surface area (Å²) in [5.41, 5.74) is 1.97. The van der Waals surface area contributed by atoms with Gasteiger partial charge >= 0.3 is 0 Å². The van der Waals surface area contributed by atoms with Crippen molar-refractivity contribution < 1.29 is 9.59 Å². The van der Waals surface area contributed by atoms with E-state index < -0.39 is 0 Å². The van der Waals surface area contributed by atoms with Crippen LogP contribution in [-0.4, -0.2) is 5.11 Å². The first-order valence-corrected chi connectivity index (χ1v) is 5.38. The van der Waals surface area contributed by atoms with Gasteiger partial charge in [-0.05, 0) is 12.5 Å². The number of hydrogen-bond donors (Lipinski definition) is 2. The molecule has 0 aromatic carbocycles. The minimum atomic E-state index is -0.105. The van der Waals surface area contributed by atoms with E-state index in [1.54, 1.807) is 6.07 Å². The third-order valence-corrected chi connectivity index (χ3v) is 2.70. The van der Waals surface area contributed by atoms with Gasteiger partial charge in [-0.3, -0.25) is 0 Å². The SMILES string of the molecule is C=C(O)c1cc(CC)sc1NF.CC. The van der Waals surface area contributed by atoms with Crippen molar-refractivity contribution in [2.75, 3.05) is 5.54 Å². The Labute approximate surface area is 88.0 Å². The van der Waals surface area contributed by atoms with Crippen LogP contribution in [0.5, 0.6) is 0 Å². The van der Waals surface area contributed by atoms with Crippen molar-refractivity contribution in [2.24, 2.45) is 0 Å². The molecular weight excluding hydrogens is 201 g/mol. The van der Waals surface area contributed by atoms with Crippen LogP contribution in [-0.2, 0) is 6.42 Å². The zero-order valence-corrected chi connectivity index (χ0v) is 9.54. The predicted molar refractivity (Wildman–Crippen MR) is 61.4 cm³/mol. The maximum Gasteiger partial charge on any atom is 0.129 e. The van der Waals surface area contributed by atoms with Crippen molar-refractivity contribution >= 4 is 22.1 Å². The molecule has 0 bridgehead atoms. The molecule has 0 aliphatic carbocycles. The molecule has 1 aromatic heterocycles. The molecule has 0 spiro atoms. The molecule has 2 nitrogen and oxygen atoms in total. The van der Waals surface area contributed by atoms with Crippen LogP contribution >= 0.6 is 11.3 Å². The Hall–Kier alpha value is -1.03. The van der Waals surface area contributed by atoms with Gasteiger partial charge in [-0.25, -0.2) is 5.54 Å². The standard InChI is InChI=1S/C8H10FNOS.C2H6/c1-3-6-4-7(5(2)11)8(10-9)12-6;1-2/h4,10-11H,2-3H2,1H3;1-2H3. The second-order valence-corrected chi connectivity index (χ2v) is 3.49. The fourth-order valence-corrected chi connectivity index (χ4v) is 1.81. The van der Waals surface area contributed by atoms with Gasteiger partial charge in [0.1, 0.15) is 10.8 Å². The van der Waals surface area contributed by atoms with Gasteiger partial charge in [0.05, 0.1) is 5.56 Å². The molecule has 0 radical (unpaired) electrons. The lowest BCUT2D eigenvalue weighted by atomic mass is 10.2. The highest BCUT2D eigenvalue weighted by Gasteiger charge is 2.09. The number of hydrogen-bond acceptors (Lipinski definition) is 3. The Morgan fingerprint density at radius 2 is 2.21 bits per heavy atom. The van der Waals surface area contributed by atoms with E-state index in [9.17, 15) is 4.48 Å². The average Bonchev–Trinajstić information content (AvgIpc) is 2.64. The van der Waals surface area contributed by atoms with Crippen LogP contribution in [0.25, 0.3) is 5.76 Å². The molecule has 0 fully saturated rings. The van der Waals surface area contributed by atoms with Crippen LogP contribution in [0.1, 0.15) is 31.2 Å². The van der Waals surface area contributed by atoms with Crippen LogP contribution in [0.4, 0.5) is 9.48 Å². The van der Waals surface area contributed by atoms with Gasteiger partial charge in [-0.1, -0.05) is 27.4 Å². The molecule has 14 heavy (non-hydrogen) atoms. The highest BCUT2D eigenvalue weighted by atomic mass is 32.1. The topological polar surface area (TPSA) is 32.3 Å². The normalized spacial score (nSPS) is 8.86. The molecule has 0 atom stereocenters. The van der Waals surface area contributed by atoms with Crippen LogP contribution in [0.2, 0.25) is 0 Å². The summed E-state index contributed by atoms with van der Waals surface area (Å²) in [6.45, 7) is 9.31. The first-order valence-electron chi connectivity index (χ1n) is 4.56. The van der Waals surface area contributed by atoms with E-state index in [1.807, 2.05) is 20.8 Å². The van der Waals surface area contributed by atoms with Gasteiger partial charge in [0.25, 0.3) is 0 Å². The second kappa shape index (κ2) is 6.43. The summed E-state index contributed by atoms with van der Waals surface area (Å²) >= 11 is 1.28. The molecule has 0 amide bonds. The molecule has 0 aliphatic rings. The van der Waals surface area contributed by atoms with Gasteiger partial charge in [0.2, 0.25) is 0 Å². The number of rotatable bonds is 3. The molecule has 80 valence electrons. The number of aryl methyl sites for hydroxylation is 1. The second-order valence-electron chi connectivity index (χ2n) is 2.35. The summed E-state index contributed by atoms with van der Waals surface area (Å²) in [7, 11) is 0. The van der Waals surface area contributed by atoms with E-state index in [1.165, 1.54) is 16.9 Å². The van der Waals surface area contributed by atoms with Crippen molar-refractivity contribution in [1.82, 2.24) is 0 Å². The number of aliphatic hydroxyl groups is 1. The van der Waals surface area contributed by atoms with Crippen molar-refractivity contribution in [2.45, 2.75) is 27.2 Å². The molecule has 1 rings (SSSR count). The zero-order chi connectivity index (χ0) is 11.1. The summed E-state index contributed by atoms with van der Waals surface area (Å²) in [4.78, 5) is 1.01. The van der Waals surface area contributed by atoms with Gasteiger partial charge in [-0.15, -0.1) is 15.8 Å². The van der Waals surface area contributed by atoms with Crippen molar-refractivity contribution in [3.63, 3.8) is 0 Å². The minimum absolute atomic E-state index is 0.105. The Kier molecular flexibility index (Phi) is 5.95. The lowest BCUT2D eigenvalue weighted by molar-refractivity contribution is 0.513. The number of halogens is 1. The lowest BCUT2D eigenvalue weighted by Gasteiger charge is -1.95. The fourth-order valence-electron chi connectivity index (χ4n) is 0.901. The maximum atomic E-state index is 12.1. The van der Waals surface area contributed by atoms with Gasteiger partial charge < -0.3 is 5.11 Å². The minimum Gasteiger partial charge on any atom is -0.508 e. The average molecular weight is 217 g/mol. The first-order chi connectivity index (χ1) is 6.69. The van der Waals surface area contributed by atoms with Crippen LogP contribution in [0.3, 0.4) is 0 Å². The summed E-state index contributed by atoms with van der Waals surface area (Å²) in [6, 6.07) is 1.73. The zero-order valence-electron chi connectivity index (χ0n) is 8.72. The van der Waals surface area contributed by atoms with E-state index in [-0.39, 0.29) is 5.76 Å². The summed E-state index contributed by atoms with van der Waals surface area (Å²) < 4.78 is 12.1. The Balaban J connectivity index is 0.000000791. The number of aliphatic hydroxyl groups excluding tert-OH is 1. The maximum absolute atomic E-state index is 12.1. The van der Waals surface area contributed by atoms with Crippen LogP contribution < -0.4 is 5.54 Å². The highest BCUT2D eigenvalue weighted by Crippen LogP contribution is 2.31. The van der Waals surface area contributed by atoms with E-state index in [0.29, 0.717) is 10.6 Å². The molecule has 2 N–H and O–H groups in total. The van der Waals surface area contributed by atoms with E-state index in [0.717, 1.165) is 11.3 Å². The summed E-state index contributed by atoms with van der Waals surface area (Å²) in [5, 5.41) is 9.37. The molecule has 4 heteroatoms. The lowest BCUT2D eigenvalue weighted by Crippen LogP contribution is -1.83. The third kappa shape index (κ3) is 3.03. The Morgan fingerprint density at radius 3 is 2.50 bits per heavy atom. The van der Waals surface area contributed by atoms with E-state index >= 15 is 0 Å². The number of anilines is 1. The van der Waals surface area contributed by atoms with E-state index in [4.69, 9.17) is 5.11 Å². The Bertz CT molecular complexity index is 296. The predicted octanol–water partition coefficient (Wildman–Crippen LogP) is 4.16. The third-order valence-electron chi connectivity index (χ3n) is 1.53. The molecule has 0 saturated heterocycles. The van der Waals surface area contributed by atoms with Crippen LogP contribution in [0.15, 0.2) is 12.6 Å². The van der Waals surface area contributed by atoms with Crippen molar-refractivity contribution in [3.05, 3.63) is 23.1 Å². The smallest absolute Gasteiger partial charge is 0.129 e. The summed E-state index contributed by atoms with van der Waals surface area (Å²) in [5.74, 6) is -0.105. The van der Waals surface area contributed by atoms with E-state index in [2.05, 4.69) is 6.58 Å². The quantitative estimate of drug-likeness (QED) is 0.588. The van der Waals surface area contributed by atoms with Gasteiger partial charge in [-0.2, -0.15) is 0 Å². The van der Waals surface area contributed by atoms with Crippen molar-refractivity contribution in [1.29, 1.82) is 0 Å². The fraction of sp³-hybridized carbons (Fsp3) is 0.400. The molecule has 1 heterocycles. The Morgan fingerprint density at radius 1 is 1.64 bits per heavy atom. The molecule has 1 aromatic rings. The molecule has 0 saturated carbocycles. The molecular formula is C10H16FNOS. The highest BCUT2D eigenvalue weighted by molar-refractivity contribution is 7.16. The first kappa shape index (κ1) is 13.0. The summed E-state index contributed by atoms with van der Waals surface area (Å²) in [6.07, 6.45) is 0.826. The van der Waals surface area contributed by atoms with Crippen molar-refractivity contribution in [3.8, 4) is 0 Å². The van der Waals surface area contributed by atoms with Gasteiger partial charge in [0.15, 0.2) is 0 Å². The number of nitrogens with one attached hydrogen (secondary N) is 1. The molecule has 0 aliphatic heterocycles. The van der Waals surface area contributed by atoms with Gasteiger partial charge in [0, 0.05) is 4.88 Å². The molecule has 0 unspecified atom stereocenters. The van der Waals surface area contributed by atoms with Crippen LogP contribution in [0, 0.1) is 0 Å². The monoisotopic (exact) mass is 217 g/mol.